The molecule has 0 unspecified atom stereocenters. The number of hydrogen-bond acceptors (Lipinski definition) is 6. The van der Waals surface area contributed by atoms with Crippen molar-refractivity contribution in [1.82, 2.24) is 25.3 Å². The minimum atomic E-state index is -1.16. The standard InChI is InChI=1S/C14H17FN6O2.ClH/c1-21-19-7-11(20-21)8-4-9(13(16)22)14(18-5-8)23-12-2-3-17-6-10(12)15;/h4-5,7,10,12,17H,2-3,6H2,1H3,(H2,16,22);1H/t10-,12+;/m0./s1. The Labute approximate surface area is 144 Å². The van der Waals surface area contributed by atoms with E-state index in [0.29, 0.717) is 24.2 Å². The van der Waals surface area contributed by atoms with Crippen LogP contribution in [0, 0.1) is 0 Å². The highest BCUT2D eigenvalue weighted by Gasteiger charge is 2.28. The van der Waals surface area contributed by atoms with Gasteiger partial charge in [-0.05, 0) is 19.0 Å². The molecule has 2 aromatic rings. The number of nitrogens with two attached hydrogens (primary N) is 1. The summed E-state index contributed by atoms with van der Waals surface area (Å²) >= 11 is 0. The molecule has 1 amide bonds. The lowest BCUT2D eigenvalue weighted by Crippen LogP contribution is -2.44. The van der Waals surface area contributed by atoms with Crippen molar-refractivity contribution in [3.05, 3.63) is 24.0 Å². The molecule has 10 heteroatoms. The second-order valence-corrected chi connectivity index (χ2v) is 5.33. The van der Waals surface area contributed by atoms with Crippen LogP contribution in [0.4, 0.5) is 4.39 Å². The Hall–Kier alpha value is -2.26. The fourth-order valence-corrected chi connectivity index (χ4v) is 2.41. The number of piperidine rings is 1. The first-order chi connectivity index (χ1) is 11.0. The Morgan fingerprint density at radius 2 is 2.29 bits per heavy atom. The normalized spacial score (nSPS) is 20.2. The monoisotopic (exact) mass is 356 g/mol. The smallest absolute Gasteiger partial charge is 0.254 e. The van der Waals surface area contributed by atoms with Gasteiger partial charge in [-0.1, -0.05) is 0 Å². The molecule has 130 valence electrons. The largest absolute Gasteiger partial charge is 0.471 e. The molecule has 3 heterocycles. The molecular formula is C14H18ClFN6O2. The molecule has 0 saturated carbocycles. The highest BCUT2D eigenvalue weighted by atomic mass is 35.5. The van der Waals surface area contributed by atoms with Crippen molar-refractivity contribution in [2.24, 2.45) is 12.8 Å². The number of halogens is 2. The van der Waals surface area contributed by atoms with Crippen molar-refractivity contribution < 1.29 is 13.9 Å². The maximum absolute atomic E-state index is 13.9. The molecule has 0 bridgehead atoms. The Bertz CT molecular complexity index is 725. The summed E-state index contributed by atoms with van der Waals surface area (Å²) in [7, 11) is 1.68. The number of hydrogen-bond donors (Lipinski definition) is 2. The first kappa shape index (κ1) is 18.1. The van der Waals surface area contributed by atoms with E-state index < -0.39 is 18.2 Å². The number of nitrogens with zero attached hydrogens (tertiary/aromatic N) is 4. The van der Waals surface area contributed by atoms with E-state index in [4.69, 9.17) is 10.5 Å². The van der Waals surface area contributed by atoms with Gasteiger partial charge in [0.05, 0.1) is 6.20 Å². The van der Waals surface area contributed by atoms with Gasteiger partial charge in [0.15, 0.2) is 0 Å². The molecule has 1 fully saturated rings. The van der Waals surface area contributed by atoms with E-state index in [1.165, 1.54) is 17.1 Å². The third-order valence-electron chi connectivity index (χ3n) is 3.62. The first-order valence-electron chi connectivity index (χ1n) is 7.22. The third-order valence-corrected chi connectivity index (χ3v) is 3.62. The number of pyridine rings is 1. The highest BCUT2D eigenvalue weighted by molar-refractivity contribution is 5.96. The van der Waals surface area contributed by atoms with Crippen LogP contribution in [0.25, 0.3) is 11.3 Å². The number of ether oxygens (including phenoxy) is 1. The fraction of sp³-hybridized carbons (Fsp3) is 0.429. The average molecular weight is 357 g/mol. The zero-order valence-corrected chi connectivity index (χ0v) is 13.8. The lowest BCUT2D eigenvalue weighted by Gasteiger charge is -2.27. The van der Waals surface area contributed by atoms with Crippen LogP contribution in [0.3, 0.4) is 0 Å². The number of rotatable bonds is 4. The van der Waals surface area contributed by atoms with Crippen molar-refractivity contribution in [2.45, 2.75) is 18.7 Å². The number of carbonyl (C=O) groups excluding carboxylic acids is 1. The van der Waals surface area contributed by atoms with Gasteiger partial charge in [-0.2, -0.15) is 15.0 Å². The summed E-state index contributed by atoms with van der Waals surface area (Å²) in [5, 5.41) is 11.0. The molecule has 0 aliphatic carbocycles. The molecular weight excluding hydrogens is 339 g/mol. The topological polar surface area (TPSA) is 108 Å². The van der Waals surface area contributed by atoms with Gasteiger partial charge in [0.2, 0.25) is 5.88 Å². The molecule has 1 saturated heterocycles. The predicted molar refractivity (Wildman–Crippen MR) is 86.8 cm³/mol. The van der Waals surface area contributed by atoms with Crippen LogP contribution < -0.4 is 15.8 Å². The van der Waals surface area contributed by atoms with Crippen molar-refractivity contribution in [3.8, 4) is 17.1 Å². The highest BCUT2D eigenvalue weighted by Crippen LogP contribution is 2.25. The van der Waals surface area contributed by atoms with E-state index in [1.54, 1.807) is 13.2 Å². The Kier molecular flexibility index (Phi) is 5.68. The van der Waals surface area contributed by atoms with E-state index in [0.717, 1.165) is 0 Å². The van der Waals surface area contributed by atoms with Crippen molar-refractivity contribution in [2.75, 3.05) is 13.1 Å². The molecule has 2 aromatic heterocycles. The number of primary amides is 1. The van der Waals surface area contributed by atoms with Crippen LogP contribution in [0.15, 0.2) is 18.5 Å². The van der Waals surface area contributed by atoms with Gasteiger partial charge in [0.25, 0.3) is 5.91 Å². The SMILES string of the molecule is Cl.Cn1ncc(-c2cnc(O[C@@H]3CCNC[C@@H]3F)c(C(N)=O)c2)n1. The van der Waals surface area contributed by atoms with E-state index in [2.05, 4.69) is 20.5 Å². The summed E-state index contributed by atoms with van der Waals surface area (Å²) in [4.78, 5) is 17.2. The molecule has 0 radical (unpaired) electrons. The molecule has 3 N–H and O–H groups in total. The predicted octanol–water partition coefficient (Wildman–Crippen LogP) is 0.477. The quantitative estimate of drug-likeness (QED) is 0.824. The zero-order valence-electron chi connectivity index (χ0n) is 13.0. The van der Waals surface area contributed by atoms with Crippen LogP contribution in [0.5, 0.6) is 5.88 Å². The lowest BCUT2D eigenvalue weighted by atomic mass is 10.1. The van der Waals surface area contributed by atoms with Gasteiger partial charge in [-0.25, -0.2) is 9.37 Å². The summed E-state index contributed by atoms with van der Waals surface area (Å²) < 4.78 is 19.4. The number of alkyl halides is 1. The molecule has 0 aromatic carbocycles. The van der Waals surface area contributed by atoms with Gasteiger partial charge in [-0.15, -0.1) is 12.4 Å². The molecule has 8 nitrogen and oxygen atoms in total. The molecule has 1 aliphatic rings. The molecule has 24 heavy (non-hydrogen) atoms. The van der Waals surface area contributed by atoms with Crippen LogP contribution in [-0.4, -0.2) is 51.3 Å². The summed E-state index contributed by atoms with van der Waals surface area (Å²) in [5.74, 6) is -0.651. The maximum atomic E-state index is 13.9. The summed E-state index contributed by atoms with van der Waals surface area (Å²) in [6.45, 7) is 0.864. The van der Waals surface area contributed by atoms with Gasteiger partial charge < -0.3 is 15.8 Å². The fourth-order valence-electron chi connectivity index (χ4n) is 2.41. The summed E-state index contributed by atoms with van der Waals surface area (Å²) in [5.41, 5.74) is 6.64. The number of amides is 1. The van der Waals surface area contributed by atoms with Crippen LogP contribution in [0.1, 0.15) is 16.8 Å². The molecule has 0 spiro atoms. The Morgan fingerprint density at radius 1 is 1.50 bits per heavy atom. The van der Waals surface area contributed by atoms with Crippen LogP contribution in [0.2, 0.25) is 0 Å². The second-order valence-electron chi connectivity index (χ2n) is 5.33. The van der Waals surface area contributed by atoms with Crippen molar-refractivity contribution >= 4 is 18.3 Å². The van der Waals surface area contributed by atoms with E-state index in [9.17, 15) is 9.18 Å². The lowest BCUT2D eigenvalue weighted by molar-refractivity contribution is 0.0676. The summed E-state index contributed by atoms with van der Waals surface area (Å²) in [6, 6.07) is 1.53. The molecule has 3 rings (SSSR count). The molecule has 2 atom stereocenters. The van der Waals surface area contributed by atoms with Crippen LogP contribution in [-0.2, 0) is 7.05 Å². The zero-order chi connectivity index (χ0) is 16.4. The minimum absolute atomic E-state index is 0. The van der Waals surface area contributed by atoms with Crippen molar-refractivity contribution in [3.63, 3.8) is 0 Å². The Balaban J connectivity index is 0.00000208. The number of nitrogens with one attached hydrogen (secondary N) is 1. The van der Waals surface area contributed by atoms with Gasteiger partial charge in [0, 0.05) is 25.4 Å². The summed E-state index contributed by atoms with van der Waals surface area (Å²) in [6.07, 6.45) is 1.73. The third kappa shape index (κ3) is 3.80. The molecule has 1 aliphatic heterocycles. The van der Waals surface area contributed by atoms with Gasteiger partial charge >= 0.3 is 0 Å². The number of aryl methyl sites for hydroxylation is 1. The van der Waals surface area contributed by atoms with Gasteiger partial charge in [0.1, 0.15) is 23.5 Å². The van der Waals surface area contributed by atoms with Crippen molar-refractivity contribution in [1.29, 1.82) is 0 Å². The van der Waals surface area contributed by atoms with Crippen LogP contribution >= 0.6 is 12.4 Å². The van der Waals surface area contributed by atoms with E-state index in [1.807, 2.05) is 0 Å². The minimum Gasteiger partial charge on any atom is -0.471 e. The van der Waals surface area contributed by atoms with Gasteiger partial charge in [-0.3, -0.25) is 4.79 Å². The van der Waals surface area contributed by atoms with E-state index >= 15 is 0 Å². The number of carbonyl (C=O) groups is 1. The van der Waals surface area contributed by atoms with E-state index in [-0.39, 0.29) is 30.4 Å². The Morgan fingerprint density at radius 3 is 2.92 bits per heavy atom. The first-order valence-corrected chi connectivity index (χ1v) is 7.22. The number of aromatic nitrogens is 4. The average Bonchev–Trinajstić information content (AvgIpc) is 2.96. The maximum Gasteiger partial charge on any atom is 0.254 e. The second kappa shape index (κ2) is 7.54.